The lowest BCUT2D eigenvalue weighted by Crippen LogP contribution is -2.39. The van der Waals surface area contributed by atoms with Crippen LogP contribution in [0, 0.1) is 0 Å². The number of fused-ring (bicyclic) bond motifs is 1. The molecule has 0 aliphatic carbocycles. The molecule has 1 heterocycles. The standard InChI is InChI=1S/C20H16ClNO6/c1-11(22-19(25)15-4-2-3-5-16(15)21)20(26)27-10-12-8-18(24)28-17-9-13(23)6-7-14(12)17/h2-9,11,23H,10H2,1H3,(H,22,25)/t11-/m0/s1. The largest absolute Gasteiger partial charge is 0.508 e. The highest BCUT2D eigenvalue weighted by atomic mass is 35.5. The van der Waals surface area contributed by atoms with Gasteiger partial charge in [0, 0.05) is 23.1 Å². The average molecular weight is 402 g/mol. The number of aromatic hydroxyl groups is 1. The third-order valence-corrected chi connectivity index (χ3v) is 4.33. The Balaban J connectivity index is 1.69. The summed E-state index contributed by atoms with van der Waals surface area (Å²) >= 11 is 5.97. The van der Waals surface area contributed by atoms with Crippen LogP contribution in [-0.2, 0) is 16.1 Å². The Bertz CT molecular complexity index is 1110. The van der Waals surface area contributed by atoms with E-state index in [9.17, 15) is 19.5 Å². The Kier molecular flexibility index (Phi) is 5.65. The molecule has 0 radical (unpaired) electrons. The summed E-state index contributed by atoms with van der Waals surface area (Å²) in [6.07, 6.45) is 0. The summed E-state index contributed by atoms with van der Waals surface area (Å²) in [5.74, 6) is -1.24. The van der Waals surface area contributed by atoms with Gasteiger partial charge in [0.15, 0.2) is 0 Å². The van der Waals surface area contributed by atoms with E-state index in [1.54, 1.807) is 30.3 Å². The molecule has 3 rings (SSSR count). The Labute approximate surface area is 164 Å². The van der Waals surface area contributed by atoms with Crippen LogP contribution in [0.15, 0.2) is 57.7 Å². The highest BCUT2D eigenvalue weighted by Crippen LogP contribution is 2.22. The summed E-state index contributed by atoms with van der Waals surface area (Å²) in [5.41, 5.74) is 0.211. The fourth-order valence-corrected chi connectivity index (χ4v) is 2.81. The molecule has 144 valence electrons. The molecule has 0 bridgehead atoms. The first-order valence-corrected chi connectivity index (χ1v) is 8.70. The van der Waals surface area contributed by atoms with Gasteiger partial charge in [-0.1, -0.05) is 23.7 Å². The maximum absolute atomic E-state index is 12.2. The van der Waals surface area contributed by atoms with Crippen LogP contribution >= 0.6 is 11.6 Å². The molecule has 0 spiro atoms. The van der Waals surface area contributed by atoms with E-state index in [1.807, 2.05) is 0 Å². The number of hydrogen-bond donors (Lipinski definition) is 2. The van der Waals surface area contributed by atoms with Crippen LogP contribution in [0.4, 0.5) is 0 Å². The molecule has 28 heavy (non-hydrogen) atoms. The third-order valence-electron chi connectivity index (χ3n) is 4.00. The van der Waals surface area contributed by atoms with Gasteiger partial charge in [0.2, 0.25) is 0 Å². The minimum absolute atomic E-state index is 0.0549. The molecule has 1 aromatic heterocycles. The number of nitrogens with one attached hydrogen (secondary N) is 1. The number of ether oxygens (including phenoxy) is 1. The van der Waals surface area contributed by atoms with Crippen LogP contribution < -0.4 is 10.9 Å². The van der Waals surface area contributed by atoms with Crippen molar-refractivity contribution in [2.45, 2.75) is 19.6 Å². The molecular formula is C20H16ClNO6. The lowest BCUT2D eigenvalue weighted by Gasteiger charge is -2.14. The molecule has 8 heteroatoms. The van der Waals surface area contributed by atoms with Crippen molar-refractivity contribution >= 4 is 34.4 Å². The van der Waals surface area contributed by atoms with Crippen LogP contribution in [0.25, 0.3) is 11.0 Å². The molecule has 2 aromatic carbocycles. The zero-order chi connectivity index (χ0) is 20.3. The van der Waals surface area contributed by atoms with Gasteiger partial charge in [-0.3, -0.25) is 4.79 Å². The van der Waals surface area contributed by atoms with Crippen LogP contribution in [0.5, 0.6) is 5.75 Å². The van der Waals surface area contributed by atoms with E-state index in [2.05, 4.69) is 5.32 Å². The SMILES string of the molecule is C[C@H](NC(=O)c1ccccc1Cl)C(=O)OCc1cc(=O)oc2cc(O)ccc12. The van der Waals surface area contributed by atoms with E-state index in [-0.39, 0.29) is 28.5 Å². The highest BCUT2D eigenvalue weighted by Gasteiger charge is 2.20. The lowest BCUT2D eigenvalue weighted by atomic mass is 10.1. The molecule has 1 amide bonds. The second-order valence-electron chi connectivity index (χ2n) is 6.05. The number of hydrogen-bond acceptors (Lipinski definition) is 6. The number of esters is 1. The molecule has 0 aliphatic rings. The predicted octanol–water partition coefficient (Wildman–Crippen LogP) is 3.01. The summed E-state index contributed by atoms with van der Waals surface area (Å²) in [5, 5.41) is 12.8. The molecule has 0 fully saturated rings. The number of benzene rings is 2. The third kappa shape index (κ3) is 4.32. The van der Waals surface area contributed by atoms with Gasteiger partial charge in [0.1, 0.15) is 24.0 Å². The van der Waals surface area contributed by atoms with E-state index in [0.717, 1.165) is 0 Å². The van der Waals surface area contributed by atoms with Crippen molar-refractivity contribution in [3.05, 3.63) is 75.1 Å². The van der Waals surface area contributed by atoms with E-state index < -0.39 is 23.5 Å². The van der Waals surface area contributed by atoms with Crippen molar-refractivity contribution < 1.29 is 23.8 Å². The Morgan fingerprint density at radius 2 is 1.96 bits per heavy atom. The first-order valence-electron chi connectivity index (χ1n) is 8.33. The normalized spacial score (nSPS) is 11.8. The first-order chi connectivity index (χ1) is 13.3. The summed E-state index contributed by atoms with van der Waals surface area (Å²) in [7, 11) is 0. The van der Waals surface area contributed by atoms with Gasteiger partial charge in [0.25, 0.3) is 5.91 Å². The molecule has 1 atom stereocenters. The number of amides is 1. The number of carbonyl (C=O) groups excluding carboxylic acids is 2. The minimum atomic E-state index is -0.931. The smallest absolute Gasteiger partial charge is 0.336 e. The maximum Gasteiger partial charge on any atom is 0.336 e. The minimum Gasteiger partial charge on any atom is -0.508 e. The van der Waals surface area contributed by atoms with Crippen molar-refractivity contribution in [3.8, 4) is 5.75 Å². The van der Waals surface area contributed by atoms with Gasteiger partial charge in [0.05, 0.1) is 10.6 Å². The lowest BCUT2D eigenvalue weighted by molar-refractivity contribution is -0.146. The van der Waals surface area contributed by atoms with Crippen LogP contribution in [0.1, 0.15) is 22.8 Å². The molecule has 7 nitrogen and oxygen atoms in total. The number of phenols is 1. The Hall–Kier alpha value is -3.32. The van der Waals surface area contributed by atoms with Gasteiger partial charge >= 0.3 is 11.6 Å². The second kappa shape index (κ2) is 8.14. The van der Waals surface area contributed by atoms with Crippen LogP contribution in [0.2, 0.25) is 5.02 Å². The summed E-state index contributed by atoms with van der Waals surface area (Å²) in [4.78, 5) is 36.1. The Morgan fingerprint density at radius 1 is 1.21 bits per heavy atom. The van der Waals surface area contributed by atoms with Gasteiger partial charge in [-0.15, -0.1) is 0 Å². The summed E-state index contributed by atoms with van der Waals surface area (Å²) < 4.78 is 10.2. The highest BCUT2D eigenvalue weighted by molar-refractivity contribution is 6.33. The first kappa shape index (κ1) is 19.4. The average Bonchev–Trinajstić information content (AvgIpc) is 2.65. The monoisotopic (exact) mass is 401 g/mol. The van der Waals surface area contributed by atoms with E-state index >= 15 is 0 Å². The fraction of sp³-hybridized carbons (Fsp3) is 0.150. The number of phenolic OH excluding ortho intramolecular Hbond substituents is 1. The van der Waals surface area contributed by atoms with E-state index in [0.29, 0.717) is 10.9 Å². The molecule has 0 aliphatic heterocycles. The number of rotatable bonds is 5. The van der Waals surface area contributed by atoms with E-state index in [1.165, 1.54) is 25.1 Å². The maximum atomic E-state index is 12.2. The van der Waals surface area contributed by atoms with E-state index in [4.69, 9.17) is 20.8 Å². The zero-order valence-electron chi connectivity index (χ0n) is 14.8. The zero-order valence-corrected chi connectivity index (χ0v) is 15.5. The second-order valence-corrected chi connectivity index (χ2v) is 6.46. The number of carbonyl (C=O) groups is 2. The molecule has 0 saturated carbocycles. The number of halogens is 1. The molecular weight excluding hydrogens is 386 g/mol. The van der Waals surface area contributed by atoms with Crippen LogP contribution in [0.3, 0.4) is 0 Å². The van der Waals surface area contributed by atoms with Gasteiger partial charge < -0.3 is 19.6 Å². The van der Waals surface area contributed by atoms with Crippen molar-refractivity contribution in [2.75, 3.05) is 0 Å². The van der Waals surface area contributed by atoms with Crippen molar-refractivity contribution in [1.82, 2.24) is 5.32 Å². The predicted molar refractivity (Wildman–Crippen MR) is 102 cm³/mol. The van der Waals surface area contributed by atoms with Crippen molar-refractivity contribution in [2.24, 2.45) is 0 Å². The van der Waals surface area contributed by atoms with Crippen molar-refractivity contribution in [1.29, 1.82) is 0 Å². The fourth-order valence-electron chi connectivity index (χ4n) is 2.59. The molecule has 0 saturated heterocycles. The molecule has 3 aromatic rings. The van der Waals surface area contributed by atoms with Crippen molar-refractivity contribution in [3.63, 3.8) is 0 Å². The Morgan fingerprint density at radius 3 is 2.71 bits per heavy atom. The summed E-state index contributed by atoms with van der Waals surface area (Å²) in [6, 6.07) is 11.0. The topological polar surface area (TPSA) is 106 Å². The van der Waals surface area contributed by atoms with Gasteiger partial charge in [-0.2, -0.15) is 0 Å². The van der Waals surface area contributed by atoms with Gasteiger partial charge in [-0.05, 0) is 31.2 Å². The molecule has 2 N–H and O–H groups in total. The summed E-state index contributed by atoms with van der Waals surface area (Å²) in [6.45, 7) is 1.28. The van der Waals surface area contributed by atoms with Gasteiger partial charge in [-0.25, -0.2) is 9.59 Å². The van der Waals surface area contributed by atoms with Crippen LogP contribution in [-0.4, -0.2) is 23.0 Å². The molecule has 0 unspecified atom stereocenters. The quantitative estimate of drug-likeness (QED) is 0.503.